The van der Waals surface area contributed by atoms with Crippen molar-refractivity contribution >= 4 is 17.5 Å². The van der Waals surface area contributed by atoms with E-state index in [2.05, 4.69) is 4.90 Å². The second-order valence-corrected chi connectivity index (χ2v) is 6.01. The predicted octanol–water partition coefficient (Wildman–Crippen LogP) is 1.79. The molecule has 1 heterocycles. The van der Waals surface area contributed by atoms with Crippen LogP contribution in [0.15, 0.2) is 18.2 Å². The van der Waals surface area contributed by atoms with Gasteiger partial charge in [0.05, 0.1) is 6.10 Å². The number of benzene rings is 1. The Bertz CT molecular complexity index is 501. The van der Waals surface area contributed by atoms with Crippen molar-refractivity contribution in [2.24, 2.45) is 0 Å². The average Bonchev–Trinajstić information content (AvgIpc) is 2.38. The Labute approximate surface area is 124 Å². The summed E-state index contributed by atoms with van der Waals surface area (Å²) in [6.45, 7) is 6.10. The van der Waals surface area contributed by atoms with Gasteiger partial charge >= 0.3 is 0 Å². The molecule has 0 unspecified atom stereocenters. The van der Waals surface area contributed by atoms with E-state index < -0.39 is 0 Å². The molecule has 1 fully saturated rings. The van der Waals surface area contributed by atoms with Gasteiger partial charge in [-0.1, -0.05) is 11.6 Å². The summed E-state index contributed by atoms with van der Waals surface area (Å²) in [5.41, 5.74) is 1.56. The second-order valence-electron chi connectivity index (χ2n) is 5.60. The van der Waals surface area contributed by atoms with Crippen LogP contribution >= 0.6 is 11.6 Å². The van der Waals surface area contributed by atoms with E-state index in [-0.39, 0.29) is 18.1 Å². The molecule has 1 saturated heterocycles. The maximum absolute atomic E-state index is 12.4. The molecular formula is C15H21ClN2O2. The molecule has 0 spiro atoms. The SMILES string of the molecule is Cc1cc(C(=O)N(C)[C@@H](C)CN2CC(O)C2)ccc1Cl. The fraction of sp³-hybridized carbons (Fsp3) is 0.533. The number of halogens is 1. The number of aryl methyl sites for hydroxylation is 1. The molecule has 1 amide bonds. The van der Waals surface area contributed by atoms with Gasteiger partial charge in [0.15, 0.2) is 0 Å². The minimum atomic E-state index is -0.206. The summed E-state index contributed by atoms with van der Waals surface area (Å²) in [6, 6.07) is 5.44. The van der Waals surface area contributed by atoms with E-state index in [0.29, 0.717) is 23.7 Å². The van der Waals surface area contributed by atoms with Crippen LogP contribution in [0.4, 0.5) is 0 Å². The van der Waals surface area contributed by atoms with Crippen molar-refractivity contribution in [2.45, 2.75) is 26.0 Å². The number of aliphatic hydroxyl groups excluding tert-OH is 1. The van der Waals surface area contributed by atoms with Crippen molar-refractivity contribution in [3.05, 3.63) is 34.3 Å². The van der Waals surface area contributed by atoms with Gasteiger partial charge in [-0.2, -0.15) is 0 Å². The second kappa shape index (κ2) is 6.12. The van der Waals surface area contributed by atoms with Crippen LogP contribution in [0.25, 0.3) is 0 Å². The third kappa shape index (κ3) is 3.32. The number of β-amino-alcohol motifs (C(OH)–C–C–N with tert-alkyl or cyclic N) is 1. The third-order valence-electron chi connectivity index (χ3n) is 3.85. The van der Waals surface area contributed by atoms with Crippen LogP contribution in [0.2, 0.25) is 5.02 Å². The molecule has 4 nitrogen and oxygen atoms in total. The molecule has 1 N–H and O–H groups in total. The van der Waals surface area contributed by atoms with Gasteiger partial charge in [0.2, 0.25) is 0 Å². The molecule has 0 aromatic heterocycles. The number of nitrogens with zero attached hydrogens (tertiary/aromatic N) is 2. The van der Waals surface area contributed by atoms with Crippen molar-refractivity contribution < 1.29 is 9.90 Å². The number of hydrogen-bond acceptors (Lipinski definition) is 3. The molecule has 1 atom stereocenters. The monoisotopic (exact) mass is 296 g/mol. The molecule has 1 aromatic carbocycles. The lowest BCUT2D eigenvalue weighted by atomic mass is 10.1. The van der Waals surface area contributed by atoms with Crippen LogP contribution in [0, 0.1) is 6.92 Å². The number of hydrogen-bond donors (Lipinski definition) is 1. The zero-order valence-corrected chi connectivity index (χ0v) is 12.9. The Hall–Kier alpha value is -1.10. The number of carbonyl (C=O) groups excluding carboxylic acids is 1. The Morgan fingerprint density at radius 1 is 1.55 bits per heavy atom. The van der Waals surface area contributed by atoms with Crippen LogP contribution in [0.5, 0.6) is 0 Å². The molecule has 5 heteroatoms. The molecule has 0 saturated carbocycles. The first-order chi connectivity index (χ1) is 9.38. The van der Waals surface area contributed by atoms with Crippen LogP contribution < -0.4 is 0 Å². The highest BCUT2D eigenvalue weighted by molar-refractivity contribution is 6.31. The molecule has 1 aliphatic heterocycles. The average molecular weight is 297 g/mol. The fourth-order valence-electron chi connectivity index (χ4n) is 2.37. The molecule has 2 rings (SSSR count). The summed E-state index contributed by atoms with van der Waals surface area (Å²) in [4.78, 5) is 16.3. The van der Waals surface area contributed by atoms with Gasteiger partial charge in [0.1, 0.15) is 0 Å². The zero-order chi connectivity index (χ0) is 14.9. The quantitative estimate of drug-likeness (QED) is 0.921. The predicted molar refractivity (Wildman–Crippen MR) is 80.2 cm³/mol. The number of carbonyl (C=O) groups is 1. The molecule has 0 radical (unpaired) electrons. The lowest BCUT2D eigenvalue weighted by Crippen LogP contribution is -2.55. The molecule has 1 aromatic rings. The number of rotatable bonds is 4. The van der Waals surface area contributed by atoms with Crippen LogP contribution in [-0.2, 0) is 0 Å². The normalized spacial score (nSPS) is 17.6. The highest BCUT2D eigenvalue weighted by atomic mass is 35.5. The van der Waals surface area contributed by atoms with Crippen LogP contribution in [0.3, 0.4) is 0 Å². The van der Waals surface area contributed by atoms with E-state index >= 15 is 0 Å². The first-order valence-electron chi connectivity index (χ1n) is 6.82. The first-order valence-corrected chi connectivity index (χ1v) is 7.20. The van der Waals surface area contributed by atoms with E-state index in [9.17, 15) is 9.90 Å². The Kier molecular flexibility index (Phi) is 4.68. The van der Waals surface area contributed by atoms with Gasteiger partial charge in [-0.3, -0.25) is 9.69 Å². The molecule has 110 valence electrons. The van der Waals surface area contributed by atoms with Crippen molar-refractivity contribution in [3.8, 4) is 0 Å². The highest BCUT2D eigenvalue weighted by Gasteiger charge is 2.27. The summed E-state index contributed by atoms with van der Waals surface area (Å²) in [7, 11) is 1.81. The highest BCUT2D eigenvalue weighted by Crippen LogP contribution is 2.18. The zero-order valence-electron chi connectivity index (χ0n) is 12.1. The van der Waals surface area contributed by atoms with E-state index in [4.69, 9.17) is 11.6 Å². The maximum Gasteiger partial charge on any atom is 0.253 e. The number of likely N-dealkylation sites (tertiary alicyclic amines) is 1. The Morgan fingerprint density at radius 2 is 2.20 bits per heavy atom. The first kappa shape index (κ1) is 15.3. The summed E-state index contributed by atoms with van der Waals surface area (Å²) in [5.74, 6) is -0.00154. The maximum atomic E-state index is 12.4. The van der Waals surface area contributed by atoms with Crippen LogP contribution in [-0.4, -0.2) is 59.6 Å². The molecule has 20 heavy (non-hydrogen) atoms. The topological polar surface area (TPSA) is 43.8 Å². The van der Waals surface area contributed by atoms with Crippen molar-refractivity contribution in [1.29, 1.82) is 0 Å². The van der Waals surface area contributed by atoms with E-state index in [1.807, 2.05) is 27.0 Å². The molecule has 0 bridgehead atoms. The van der Waals surface area contributed by atoms with E-state index in [1.54, 1.807) is 17.0 Å². The summed E-state index contributed by atoms with van der Waals surface area (Å²) in [5, 5.41) is 9.95. The number of amides is 1. The van der Waals surface area contributed by atoms with Crippen LogP contribution in [0.1, 0.15) is 22.8 Å². The summed E-state index contributed by atoms with van der Waals surface area (Å²) in [6.07, 6.45) is -0.206. The fourth-order valence-corrected chi connectivity index (χ4v) is 2.49. The third-order valence-corrected chi connectivity index (χ3v) is 4.27. The van der Waals surface area contributed by atoms with Gasteiger partial charge in [0, 0.05) is 43.3 Å². The number of aliphatic hydroxyl groups is 1. The lowest BCUT2D eigenvalue weighted by Gasteiger charge is -2.39. The Morgan fingerprint density at radius 3 is 2.75 bits per heavy atom. The van der Waals surface area contributed by atoms with Gasteiger partial charge in [-0.15, -0.1) is 0 Å². The minimum Gasteiger partial charge on any atom is -0.390 e. The number of likely N-dealkylation sites (N-methyl/N-ethyl adjacent to an activating group) is 1. The Balaban J connectivity index is 1.98. The van der Waals surface area contributed by atoms with Gasteiger partial charge in [-0.05, 0) is 37.6 Å². The molecule has 0 aliphatic carbocycles. The van der Waals surface area contributed by atoms with Crippen molar-refractivity contribution in [3.63, 3.8) is 0 Å². The van der Waals surface area contributed by atoms with Crippen molar-refractivity contribution in [1.82, 2.24) is 9.80 Å². The van der Waals surface area contributed by atoms with Gasteiger partial charge in [-0.25, -0.2) is 0 Å². The van der Waals surface area contributed by atoms with E-state index in [1.165, 1.54) is 0 Å². The molecule has 1 aliphatic rings. The molecular weight excluding hydrogens is 276 g/mol. The largest absolute Gasteiger partial charge is 0.390 e. The van der Waals surface area contributed by atoms with Gasteiger partial charge in [0.25, 0.3) is 5.91 Å². The standard InChI is InChI=1S/C15H21ClN2O2/c1-10-6-12(4-5-14(10)16)15(20)17(3)11(2)7-18-8-13(19)9-18/h4-6,11,13,19H,7-9H2,1-3H3/t11-/m0/s1. The minimum absolute atomic E-state index is 0.00154. The summed E-state index contributed by atoms with van der Waals surface area (Å²) < 4.78 is 0. The lowest BCUT2D eigenvalue weighted by molar-refractivity contribution is -0.00873. The van der Waals surface area contributed by atoms with Crippen molar-refractivity contribution in [2.75, 3.05) is 26.7 Å². The smallest absolute Gasteiger partial charge is 0.253 e. The van der Waals surface area contributed by atoms with E-state index in [0.717, 1.165) is 12.1 Å². The summed E-state index contributed by atoms with van der Waals surface area (Å²) >= 11 is 5.98. The van der Waals surface area contributed by atoms with Gasteiger partial charge < -0.3 is 10.0 Å².